The maximum Gasteiger partial charge on any atom is 0.335 e. The van der Waals surface area contributed by atoms with Crippen LogP contribution in [0.2, 0.25) is 0 Å². The quantitative estimate of drug-likeness (QED) is 0.881. The highest BCUT2D eigenvalue weighted by atomic mass is 79.9. The lowest BCUT2D eigenvalue weighted by atomic mass is 10.1. The van der Waals surface area contributed by atoms with Crippen LogP contribution in [0.15, 0.2) is 34.8 Å². The van der Waals surface area contributed by atoms with Gasteiger partial charge < -0.3 is 10.4 Å². The lowest BCUT2D eigenvalue weighted by Crippen LogP contribution is -2.04. The van der Waals surface area contributed by atoms with E-state index in [0.29, 0.717) is 12.2 Å². The summed E-state index contributed by atoms with van der Waals surface area (Å²) in [6, 6.07) is 8.95. The van der Waals surface area contributed by atoms with Gasteiger partial charge in [-0.25, -0.2) is 9.78 Å². The van der Waals surface area contributed by atoms with E-state index < -0.39 is 5.97 Å². The van der Waals surface area contributed by atoms with Crippen LogP contribution in [0.3, 0.4) is 0 Å². The predicted molar refractivity (Wildman–Crippen MR) is 82.7 cm³/mol. The Labute approximate surface area is 126 Å². The van der Waals surface area contributed by atoms with Gasteiger partial charge in [0.2, 0.25) is 0 Å². The van der Waals surface area contributed by atoms with Gasteiger partial charge in [0, 0.05) is 15.9 Å². The first kappa shape index (κ1) is 14.5. The number of hydrogen-bond donors (Lipinski definition) is 2. The van der Waals surface area contributed by atoms with Crippen molar-refractivity contribution < 1.29 is 9.90 Å². The van der Waals surface area contributed by atoms with Crippen molar-refractivity contribution in [2.45, 2.75) is 20.3 Å². The number of nitrogens with one attached hydrogen (secondary N) is 1. The molecule has 0 bridgehead atoms. The molecule has 0 aliphatic rings. The van der Waals surface area contributed by atoms with E-state index in [1.165, 1.54) is 0 Å². The number of aryl methyl sites for hydroxylation is 1. The molecule has 0 spiro atoms. The highest BCUT2D eigenvalue weighted by molar-refractivity contribution is 9.10. The maximum absolute atomic E-state index is 11.1. The minimum absolute atomic E-state index is 0.243. The van der Waals surface area contributed by atoms with Crippen LogP contribution in [-0.4, -0.2) is 16.1 Å². The molecule has 1 aromatic heterocycles. The van der Waals surface area contributed by atoms with Crippen molar-refractivity contribution in [1.82, 2.24) is 4.98 Å². The highest BCUT2D eigenvalue weighted by Crippen LogP contribution is 2.26. The molecule has 1 heterocycles. The Balaban J connectivity index is 2.40. The van der Waals surface area contributed by atoms with Gasteiger partial charge in [0.25, 0.3) is 0 Å². The van der Waals surface area contributed by atoms with Gasteiger partial charge in [0.05, 0.1) is 5.56 Å². The standard InChI is InChI=1S/C15H15BrN2O2/c1-3-11-7-10(15(19)20)8-14(17-11)18-13-6-4-5-12(16)9(13)2/h4-8H,3H2,1-2H3,(H,17,18)(H,19,20). The molecule has 104 valence electrons. The Kier molecular flexibility index (Phi) is 4.39. The van der Waals surface area contributed by atoms with E-state index in [1.54, 1.807) is 12.1 Å². The first-order valence-electron chi connectivity index (χ1n) is 6.27. The van der Waals surface area contributed by atoms with E-state index in [-0.39, 0.29) is 5.56 Å². The van der Waals surface area contributed by atoms with Crippen LogP contribution in [-0.2, 0) is 6.42 Å². The summed E-state index contributed by atoms with van der Waals surface area (Å²) < 4.78 is 0.993. The van der Waals surface area contributed by atoms with Gasteiger partial charge in [0.15, 0.2) is 0 Å². The summed E-state index contributed by atoms with van der Waals surface area (Å²) in [7, 11) is 0. The van der Waals surface area contributed by atoms with Gasteiger partial charge in [-0.1, -0.05) is 28.9 Å². The van der Waals surface area contributed by atoms with Gasteiger partial charge in [-0.15, -0.1) is 0 Å². The summed E-state index contributed by atoms with van der Waals surface area (Å²) in [5.74, 6) is -0.404. The van der Waals surface area contributed by atoms with E-state index >= 15 is 0 Å². The molecular weight excluding hydrogens is 320 g/mol. The van der Waals surface area contributed by atoms with Crippen LogP contribution in [0.1, 0.15) is 28.5 Å². The number of hydrogen-bond acceptors (Lipinski definition) is 3. The normalized spacial score (nSPS) is 10.3. The predicted octanol–water partition coefficient (Wildman–Crippen LogP) is 4.16. The van der Waals surface area contributed by atoms with Gasteiger partial charge in [-0.2, -0.15) is 0 Å². The van der Waals surface area contributed by atoms with Crippen LogP contribution >= 0.6 is 15.9 Å². The van der Waals surface area contributed by atoms with E-state index in [2.05, 4.69) is 26.2 Å². The lowest BCUT2D eigenvalue weighted by Gasteiger charge is -2.11. The summed E-state index contributed by atoms with van der Waals surface area (Å²) in [4.78, 5) is 15.5. The second-order valence-electron chi connectivity index (χ2n) is 4.43. The zero-order chi connectivity index (χ0) is 14.7. The van der Waals surface area contributed by atoms with E-state index in [0.717, 1.165) is 21.4 Å². The minimum Gasteiger partial charge on any atom is -0.478 e. The average Bonchev–Trinajstić information content (AvgIpc) is 2.43. The Morgan fingerprint density at radius 1 is 1.40 bits per heavy atom. The molecule has 2 aromatic rings. The van der Waals surface area contributed by atoms with Crippen LogP contribution in [0.25, 0.3) is 0 Å². The molecule has 0 aliphatic carbocycles. The molecule has 20 heavy (non-hydrogen) atoms. The number of nitrogens with zero attached hydrogens (tertiary/aromatic N) is 1. The lowest BCUT2D eigenvalue weighted by molar-refractivity contribution is 0.0696. The van der Waals surface area contributed by atoms with Crippen LogP contribution in [0.4, 0.5) is 11.5 Å². The Hall–Kier alpha value is -1.88. The van der Waals surface area contributed by atoms with E-state index in [4.69, 9.17) is 5.11 Å². The Bertz CT molecular complexity index is 656. The largest absolute Gasteiger partial charge is 0.478 e. The molecule has 0 saturated carbocycles. The molecule has 0 aliphatic heterocycles. The van der Waals surface area contributed by atoms with E-state index in [1.807, 2.05) is 32.0 Å². The number of pyridine rings is 1. The van der Waals surface area contributed by atoms with Crippen LogP contribution in [0, 0.1) is 6.92 Å². The zero-order valence-electron chi connectivity index (χ0n) is 11.3. The average molecular weight is 335 g/mol. The number of aromatic nitrogens is 1. The number of rotatable bonds is 4. The van der Waals surface area contributed by atoms with Gasteiger partial charge in [-0.05, 0) is 43.2 Å². The van der Waals surface area contributed by atoms with Crippen molar-refractivity contribution in [3.8, 4) is 0 Å². The molecule has 2 rings (SSSR count). The van der Waals surface area contributed by atoms with Gasteiger partial charge in [-0.3, -0.25) is 0 Å². The first-order chi connectivity index (χ1) is 9.51. The fourth-order valence-corrected chi connectivity index (χ4v) is 2.20. The maximum atomic E-state index is 11.1. The van der Waals surface area contributed by atoms with Crippen molar-refractivity contribution >= 4 is 33.4 Å². The number of carbonyl (C=O) groups is 1. The molecule has 0 radical (unpaired) electrons. The van der Waals surface area contributed by atoms with Gasteiger partial charge in [0.1, 0.15) is 5.82 Å². The summed E-state index contributed by atoms with van der Waals surface area (Å²) in [6.45, 7) is 3.93. The van der Waals surface area contributed by atoms with Gasteiger partial charge >= 0.3 is 5.97 Å². The number of aromatic carboxylic acids is 1. The van der Waals surface area contributed by atoms with Crippen LogP contribution < -0.4 is 5.32 Å². The number of anilines is 2. The summed E-state index contributed by atoms with van der Waals surface area (Å²) in [6.07, 6.45) is 0.688. The fourth-order valence-electron chi connectivity index (χ4n) is 1.84. The van der Waals surface area contributed by atoms with Crippen molar-refractivity contribution in [1.29, 1.82) is 0 Å². The molecular formula is C15H15BrN2O2. The molecule has 2 N–H and O–H groups in total. The molecule has 5 heteroatoms. The highest BCUT2D eigenvalue weighted by Gasteiger charge is 2.09. The van der Waals surface area contributed by atoms with E-state index in [9.17, 15) is 4.79 Å². The minimum atomic E-state index is -0.948. The molecule has 0 unspecified atom stereocenters. The summed E-state index contributed by atoms with van der Waals surface area (Å²) in [5, 5.41) is 12.3. The second-order valence-corrected chi connectivity index (χ2v) is 5.28. The van der Waals surface area contributed by atoms with Crippen molar-refractivity contribution in [3.05, 3.63) is 51.6 Å². The Morgan fingerprint density at radius 3 is 2.80 bits per heavy atom. The molecule has 4 nitrogen and oxygen atoms in total. The van der Waals surface area contributed by atoms with Crippen molar-refractivity contribution in [2.75, 3.05) is 5.32 Å². The third-order valence-electron chi connectivity index (χ3n) is 3.02. The summed E-state index contributed by atoms with van der Waals surface area (Å²) >= 11 is 3.47. The first-order valence-corrected chi connectivity index (χ1v) is 7.07. The molecule has 0 fully saturated rings. The summed E-state index contributed by atoms with van der Waals surface area (Å²) in [5.41, 5.74) is 2.94. The number of carboxylic acid groups (broad SMARTS) is 1. The SMILES string of the molecule is CCc1cc(C(=O)O)cc(Nc2cccc(Br)c2C)n1. The number of benzene rings is 1. The molecule has 0 amide bonds. The second kappa shape index (κ2) is 6.05. The monoisotopic (exact) mass is 334 g/mol. The molecule has 0 saturated heterocycles. The molecule has 0 atom stereocenters. The van der Waals surface area contributed by atoms with Crippen LogP contribution in [0.5, 0.6) is 0 Å². The topological polar surface area (TPSA) is 62.2 Å². The Morgan fingerprint density at radius 2 is 2.15 bits per heavy atom. The third kappa shape index (κ3) is 3.17. The smallest absolute Gasteiger partial charge is 0.335 e. The number of halogens is 1. The van der Waals surface area contributed by atoms with Crippen molar-refractivity contribution in [3.63, 3.8) is 0 Å². The number of carboxylic acids is 1. The fraction of sp³-hybridized carbons (Fsp3) is 0.200. The zero-order valence-corrected chi connectivity index (χ0v) is 12.9. The molecule has 1 aromatic carbocycles. The van der Waals surface area contributed by atoms with Crippen molar-refractivity contribution in [2.24, 2.45) is 0 Å². The third-order valence-corrected chi connectivity index (χ3v) is 3.88.